The van der Waals surface area contributed by atoms with Gasteiger partial charge in [-0.2, -0.15) is 0 Å². The van der Waals surface area contributed by atoms with Crippen LogP contribution in [-0.2, 0) is 4.79 Å². The van der Waals surface area contributed by atoms with Crippen LogP contribution in [-0.4, -0.2) is 64.7 Å². The lowest BCUT2D eigenvalue weighted by atomic mass is 10.0. The van der Waals surface area contributed by atoms with Gasteiger partial charge in [-0.25, -0.2) is 9.59 Å². The Morgan fingerprint density at radius 3 is 2.67 bits per heavy atom. The molecule has 0 aromatic carbocycles. The number of carbonyl (C=O) groups excluding carboxylic acids is 1. The zero-order valence-corrected chi connectivity index (χ0v) is 13.2. The Morgan fingerprint density at radius 2 is 2.05 bits per heavy atom. The van der Waals surface area contributed by atoms with Crippen molar-refractivity contribution >= 4 is 12.0 Å². The summed E-state index contributed by atoms with van der Waals surface area (Å²) in [6.07, 6.45) is 2.78. The lowest BCUT2D eigenvalue weighted by molar-refractivity contribution is -0.139. The average Bonchev–Trinajstić information content (AvgIpc) is 2.83. The first kappa shape index (κ1) is 16.1. The minimum absolute atomic E-state index is 0.132. The van der Waals surface area contributed by atoms with Gasteiger partial charge in [0.2, 0.25) is 0 Å². The fourth-order valence-corrected chi connectivity index (χ4v) is 3.40. The summed E-state index contributed by atoms with van der Waals surface area (Å²) in [5, 5.41) is 11.9. The van der Waals surface area contributed by atoms with Crippen molar-refractivity contribution in [2.75, 3.05) is 19.6 Å². The summed E-state index contributed by atoms with van der Waals surface area (Å²) in [7, 11) is 0. The number of hydrogen-bond donors (Lipinski definition) is 2. The summed E-state index contributed by atoms with van der Waals surface area (Å²) in [5.74, 6) is -0.722. The third-order valence-electron chi connectivity index (χ3n) is 4.50. The molecule has 0 radical (unpaired) electrons. The van der Waals surface area contributed by atoms with Gasteiger partial charge in [-0.05, 0) is 38.6 Å². The zero-order valence-electron chi connectivity index (χ0n) is 13.2. The maximum Gasteiger partial charge on any atom is 0.326 e. The van der Waals surface area contributed by atoms with E-state index in [1.165, 1.54) is 6.42 Å². The van der Waals surface area contributed by atoms with Gasteiger partial charge in [0.05, 0.1) is 0 Å². The Labute approximate surface area is 126 Å². The quantitative estimate of drug-likeness (QED) is 0.822. The number of amides is 2. The molecule has 0 aromatic rings. The van der Waals surface area contributed by atoms with Crippen molar-refractivity contribution in [2.24, 2.45) is 5.92 Å². The molecule has 0 aliphatic carbocycles. The van der Waals surface area contributed by atoms with Gasteiger partial charge >= 0.3 is 12.0 Å². The Kier molecular flexibility index (Phi) is 5.08. The summed E-state index contributed by atoms with van der Waals surface area (Å²) in [6.45, 7) is 8.67. The molecule has 2 fully saturated rings. The van der Waals surface area contributed by atoms with Crippen LogP contribution < -0.4 is 5.32 Å². The van der Waals surface area contributed by atoms with Gasteiger partial charge in [0.25, 0.3) is 0 Å². The maximum atomic E-state index is 12.4. The van der Waals surface area contributed by atoms with E-state index in [2.05, 4.69) is 10.2 Å². The third-order valence-corrected chi connectivity index (χ3v) is 4.50. The molecule has 2 heterocycles. The van der Waals surface area contributed by atoms with Crippen molar-refractivity contribution in [1.82, 2.24) is 15.1 Å². The number of piperazine rings is 1. The second-order valence-electron chi connectivity index (χ2n) is 6.76. The highest BCUT2D eigenvalue weighted by atomic mass is 16.4. The third kappa shape index (κ3) is 3.87. The van der Waals surface area contributed by atoms with Crippen molar-refractivity contribution in [1.29, 1.82) is 0 Å². The molecular weight excluding hydrogens is 270 g/mol. The summed E-state index contributed by atoms with van der Waals surface area (Å²) in [4.78, 5) is 28.0. The number of nitrogens with one attached hydrogen (secondary N) is 1. The number of urea groups is 1. The van der Waals surface area contributed by atoms with E-state index in [0.29, 0.717) is 19.0 Å². The largest absolute Gasteiger partial charge is 0.480 e. The highest BCUT2D eigenvalue weighted by molar-refractivity contribution is 5.82. The van der Waals surface area contributed by atoms with Crippen LogP contribution in [0.1, 0.15) is 40.0 Å². The molecule has 0 bridgehead atoms. The monoisotopic (exact) mass is 297 g/mol. The van der Waals surface area contributed by atoms with E-state index in [4.69, 9.17) is 0 Å². The molecule has 21 heavy (non-hydrogen) atoms. The standard InChI is InChI=1S/C15H27N3O3/c1-10(2)7-13(14(19)20)16-15(21)18-9-12-5-4-6-17(12)8-11(18)3/h10-13H,4-9H2,1-3H3,(H,16,21)(H,19,20). The van der Waals surface area contributed by atoms with Crippen molar-refractivity contribution in [3.8, 4) is 0 Å². The molecule has 6 nitrogen and oxygen atoms in total. The molecule has 3 unspecified atom stereocenters. The van der Waals surface area contributed by atoms with E-state index in [-0.39, 0.29) is 18.0 Å². The highest BCUT2D eigenvalue weighted by Gasteiger charge is 2.37. The molecular formula is C15H27N3O3. The van der Waals surface area contributed by atoms with E-state index in [0.717, 1.165) is 19.5 Å². The molecule has 0 saturated carbocycles. The predicted molar refractivity (Wildman–Crippen MR) is 80.2 cm³/mol. The minimum Gasteiger partial charge on any atom is -0.480 e. The van der Waals surface area contributed by atoms with Crippen LogP contribution in [0.4, 0.5) is 4.79 Å². The van der Waals surface area contributed by atoms with Crippen molar-refractivity contribution in [2.45, 2.75) is 58.2 Å². The summed E-state index contributed by atoms with van der Waals surface area (Å²) >= 11 is 0. The van der Waals surface area contributed by atoms with Crippen molar-refractivity contribution in [3.63, 3.8) is 0 Å². The van der Waals surface area contributed by atoms with Gasteiger partial charge in [-0.15, -0.1) is 0 Å². The van der Waals surface area contributed by atoms with Crippen LogP contribution in [0.15, 0.2) is 0 Å². The Morgan fingerprint density at radius 1 is 1.33 bits per heavy atom. The van der Waals surface area contributed by atoms with E-state index in [1.54, 1.807) is 0 Å². The molecule has 0 spiro atoms. The smallest absolute Gasteiger partial charge is 0.326 e. The first-order valence-corrected chi connectivity index (χ1v) is 7.92. The molecule has 2 amide bonds. The lowest BCUT2D eigenvalue weighted by Crippen LogP contribution is -2.60. The average molecular weight is 297 g/mol. The number of hydrogen-bond acceptors (Lipinski definition) is 3. The Bertz CT molecular complexity index is 400. The van der Waals surface area contributed by atoms with Crippen LogP contribution in [0, 0.1) is 5.92 Å². The molecule has 6 heteroatoms. The molecule has 2 aliphatic heterocycles. The topological polar surface area (TPSA) is 72.9 Å². The van der Waals surface area contributed by atoms with Gasteiger partial charge in [-0.1, -0.05) is 13.8 Å². The Balaban J connectivity index is 1.96. The normalized spacial score (nSPS) is 27.5. The number of carboxylic acid groups (broad SMARTS) is 1. The number of carbonyl (C=O) groups is 2. The summed E-state index contributed by atoms with van der Waals surface area (Å²) < 4.78 is 0. The predicted octanol–water partition coefficient (Wildman–Crippen LogP) is 1.36. The van der Waals surface area contributed by atoms with E-state index in [1.807, 2.05) is 25.7 Å². The highest BCUT2D eigenvalue weighted by Crippen LogP contribution is 2.24. The van der Waals surface area contributed by atoms with Gasteiger partial charge in [-0.3, -0.25) is 4.90 Å². The SMILES string of the molecule is CC(C)CC(NC(=O)N1CC2CCCN2CC1C)C(=O)O. The maximum absolute atomic E-state index is 12.4. The molecule has 0 aromatic heterocycles. The zero-order chi connectivity index (χ0) is 15.6. The van der Waals surface area contributed by atoms with E-state index < -0.39 is 12.0 Å². The van der Waals surface area contributed by atoms with Crippen molar-refractivity contribution < 1.29 is 14.7 Å². The summed E-state index contributed by atoms with van der Waals surface area (Å²) in [6, 6.07) is -0.457. The molecule has 120 valence electrons. The van der Waals surface area contributed by atoms with E-state index >= 15 is 0 Å². The van der Waals surface area contributed by atoms with Crippen molar-refractivity contribution in [3.05, 3.63) is 0 Å². The first-order valence-electron chi connectivity index (χ1n) is 7.92. The van der Waals surface area contributed by atoms with Gasteiger partial charge in [0, 0.05) is 25.2 Å². The second kappa shape index (κ2) is 6.64. The van der Waals surface area contributed by atoms with Gasteiger partial charge in [0.1, 0.15) is 6.04 Å². The van der Waals surface area contributed by atoms with Crippen LogP contribution in [0.2, 0.25) is 0 Å². The first-order chi connectivity index (χ1) is 9.88. The van der Waals surface area contributed by atoms with E-state index in [9.17, 15) is 14.7 Å². The number of carboxylic acids is 1. The fraction of sp³-hybridized carbons (Fsp3) is 0.867. The second-order valence-corrected chi connectivity index (χ2v) is 6.76. The summed E-state index contributed by atoms with van der Waals surface area (Å²) in [5.41, 5.74) is 0. The van der Waals surface area contributed by atoms with Crippen LogP contribution in [0.5, 0.6) is 0 Å². The molecule has 2 rings (SSSR count). The molecule has 3 atom stereocenters. The van der Waals surface area contributed by atoms with Crippen LogP contribution >= 0.6 is 0 Å². The van der Waals surface area contributed by atoms with Gasteiger partial charge < -0.3 is 15.3 Å². The van der Waals surface area contributed by atoms with Gasteiger partial charge in [0.15, 0.2) is 0 Å². The number of nitrogens with zero attached hydrogens (tertiary/aromatic N) is 2. The molecule has 2 saturated heterocycles. The Hall–Kier alpha value is -1.30. The number of aliphatic carboxylic acids is 1. The fourth-order valence-electron chi connectivity index (χ4n) is 3.40. The van der Waals surface area contributed by atoms with Crippen LogP contribution in [0.25, 0.3) is 0 Å². The molecule has 2 aliphatic rings. The number of fused-ring (bicyclic) bond motifs is 1. The molecule has 2 N–H and O–H groups in total. The number of rotatable bonds is 4. The lowest BCUT2D eigenvalue weighted by Gasteiger charge is -2.42. The van der Waals surface area contributed by atoms with Crippen LogP contribution in [0.3, 0.4) is 0 Å². The minimum atomic E-state index is -0.954.